The maximum absolute atomic E-state index is 14.8. The fourth-order valence-electron chi connectivity index (χ4n) is 3.72. The molecule has 0 unspecified atom stereocenters. The Morgan fingerprint density at radius 1 is 1.38 bits per heavy atom. The lowest BCUT2D eigenvalue weighted by molar-refractivity contribution is 0.252. The Kier molecular flexibility index (Phi) is 8.07. The van der Waals surface area contributed by atoms with Crippen molar-refractivity contribution in [2.45, 2.75) is 33.1 Å². The standard InChI is InChI=1S/C22H29FN8O.2H2/c1-3-25-22(32)30-21-20(23)17(27-14-28-21)13-16-7-11-31(12-8-16)18-5-6-19(29-15(18)2)26-10-4-9-24;;/h4-6,9-10,14,16H,3,7-8,11-13,24H2,1-2H3,(H2,25,27,28,30,32);2*1H/b9-4-,26-10?;;. The van der Waals surface area contributed by atoms with Crippen molar-refractivity contribution in [1.29, 1.82) is 0 Å². The molecule has 32 heavy (non-hydrogen) atoms. The van der Waals surface area contributed by atoms with Gasteiger partial charge in [0.05, 0.1) is 17.1 Å². The number of piperidine rings is 1. The molecule has 0 atom stereocenters. The van der Waals surface area contributed by atoms with Crippen LogP contribution in [-0.4, -0.2) is 46.8 Å². The number of halogens is 1. The minimum atomic E-state index is -0.568. The quantitative estimate of drug-likeness (QED) is 0.561. The number of rotatable bonds is 7. The summed E-state index contributed by atoms with van der Waals surface area (Å²) in [5.74, 6) is 0.273. The van der Waals surface area contributed by atoms with Gasteiger partial charge in [0, 0.05) is 28.7 Å². The van der Waals surface area contributed by atoms with Gasteiger partial charge >= 0.3 is 6.03 Å². The summed E-state index contributed by atoms with van der Waals surface area (Å²) in [6.45, 7) is 5.90. The molecule has 1 aliphatic heterocycles. The summed E-state index contributed by atoms with van der Waals surface area (Å²) >= 11 is 0. The van der Waals surface area contributed by atoms with Crippen molar-refractivity contribution in [2.24, 2.45) is 16.6 Å². The first-order valence-corrected chi connectivity index (χ1v) is 10.7. The van der Waals surface area contributed by atoms with E-state index in [1.807, 2.05) is 19.1 Å². The predicted octanol–water partition coefficient (Wildman–Crippen LogP) is 3.59. The molecule has 9 nitrogen and oxygen atoms in total. The monoisotopic (exact) mass is 444 g/mol. The van der Waals surface area contributed by atoms with E-state index in [1.54, 1.807) is 19.2 Å². The van der Waals surface area contributed by atoms with Gasteiger partial charge in [0.2, 0.25) is 0 Å². The first-order chi connectivity index (χ1) is 15.5. The molecule has 0 radical (unpaired) electrons. The average molecular weight is 445 g/mol. The number of carbonyl (C=O) groups excluding carboxylic acids is 1. The lowest BCUT2D eigenvalue weighted by atomic mass is 9.91. The normalized spacial score (nSPS) is 14.9. The van der Waals surface area contributed by atoms with E-state index in [-0.39, 0.29) is 8.67 Å². The number of aryl methyl sites for hydroxylation is 1. The summed E-state index contributed by atoms with van der Waals surface area (Å²) in [5, 5.41) is 4.99. The third-order valence-electron chi connectivity index (χ3n) is 5.32. The highest BCUT2D eigenvalue weighted by atomic mass is 19.1. The molecule has 0 aromatic carbocycles. The van der Waals surface area contributed by atoms with Gasteiger partial charge in [-0.1, -0.05) is 0 Å². The van der Waals surface area contributed by atoms with E-state index in [2.05, 4.69) is 35.5 Å². The van der Waals surface area contributed by atoms with Gasteiger partial charge in [-0.15, -0.1) is 0 Å². The van der Waals surface area contributed by atoms with Gasteiger partial charge in [0.15, 0.2) is 17.5 Å². The number of amides is 2. The summed E-state index contributed by atoms with van der Waals surface area (Å²) in [7, 11) is 0. The average Bonchev–Trinajstić information content (AvgIpc) is 2.78. The van der Waals surface area contributed by atoms with Crippen LogP contribution >= 0.6 is 0 Å². The minimum Gasteiger partial charge on any atom is -0.405 e. The molecule has 1 fully saturated rings. The number of nitrogens with zero attached hydrogens (tertiary/aromatic N) is 5. The van der Waals surface area contributed by atoms with Crippen molar-refractivity contribution in [3.8, 4) is 0 Å². The van der Waals surface area contributed by atoms with E-state index in [0.717, 1.165) is 37.3 Å². The van der Waals surface area contributed by atoms with Gasteiger partial charge in [0.1, 0.15) is 6.33 Å². The summed E-state index contributed by atoms with van der Waals surface area (Å²) in [5.41, 5.74) is 7.63. The molecule has 0 spiro atoms. The van der Waals surface area contributed by atoms with E-state index in [4.69, 9.17) is 5.73 Å². The van der Waals surface area contributed by atoms with Crippen LogP contribution in [0.2, 0.25) is 0 Å². The Balaban J connectivity index is 0.00000289. The highest BCUT2D eigenvalue weighted by molar-refractivity contribution is 5.88. The van der Waals surface area contributed by atoms with Gasteiger partial charge in [-0.2, -0.15) is 0 Å². The number of urea groups is 1. The molecule has 1 saturated heterocycles. The molecule has 174 valence electrons. The second-order valence-corrected chi connectivity index (χ2v) is 7.54. The van der Waals surface area contributed by atoms with Crippen molar-refractivity contribution in [2.75, 3.05) is 29.9 Å². The summed E-state index contributed by atoms with van der Waals surface area (Å²) in [6.07, 6.45) is 8.28. The van der Waals surface area contributed by atoms with Gasteiger partial charge in [0.25, 0.3) is 0 Å². The lowest BCUT2D eigenvalue weighted by Gasteiger charge is -2.34. The van der Waals surface area contributed by atoms with Gasteiger partial charge in [-0.25, -0.2) is 29.1 Å². The van der Waals surface area contributed by atoms with E-state index in [0.29, 0.717) is 30.4 Å². The van der Waals surface area contributed by atoms with Gasteiger partial charge in [-0.3, -0.25) is 5.32 Å². The number of hydrogen-bond acceptors (Lipinski definition) is 7. The number of aliphatic imine (C=N–C) groups is 1. The Bertz CT molecular complexity index is 997. The largest absolute Gasteiger partial charge is 0.405 e. The molecule has 1 aliphatic rings. The van der Waals surface area contributed by atoms with Gasteiger partial charge < -0.3 is 16.0 Å². The Hall–Kier alpha value is -3.56. The highest BCUT2D eigenvalue weighted by Crippen LogP contribution is 2.29. The number of aromatic nitrogens is 3. The third-order valence-corrected chi connectivity index (χ3v) is 5.32. The number of pyridine rings is 1. The number of carbonyl (C=O) groups is 1. The molecule has 4 N–H and O–H groups in total. The van der Waals surface area contributed by atoms with Crippen LogP contribution in [0.4, 0.5) is 26.5 Å². The van der Waals surface area contributed by atoms with Crippen molar-refractivity contribution in [1.82, 2.24) is 20.3 Å². The first-order valence-electron chi connectivity index (χ1n) is 10.7. The fourth-order valence-corrected chi connectivity index (χ4v) is 3.72. The summed E-state index contributed by atoms with van der Waals surface area (Å²) in [4.78, 5) is 30.7. The summed E-state index contributed by atoms with van der Waals surface area (Å²) < 4.78 is 14.8. The second-order valence-electron chi connectivity index (χ2n) is 7.54. The molecule has 3 heterocycles. The van der Waals surface area contributed by atoms with Crippen LogP contribution in [-0.2, 0) is 6.42 Å². The van der Waals surface area contributed by atoms with Crippen LogP contribution in [0.5, 0.6) is 0 Å². The molecule has 10 heteroatoms. The predicted molar refractivity (Wildman–Crippen MR) is 128 cm³/mol. The Morgan fingerprint density at radius 2 is 2.16 bits per heavy atom. The Morgan fingerprint density at radius 3 is 2.84 bits per heavy atom. The van der Waals surface area contributed by atoms with E-state index < -0.39 is 11.8 Å². The van der Waals surface area contributed by atoms with E-state index in [9.17, 15) is 9.18 Å². The molecule has 3 rings (SSSR count). The molecular formula is C22H33FN8O. The third kappa shape index (κ3) is 5.99. The van der Waals surface area contributed by atoms with Crippen molar-refractivity contribution in [3.63, 3.8) is 0 Å². The molecule has 0 saturated carbocycles. The number of nitrogens with one attached hydrogen (secondary N) is 2. The van der Waals surface area contributed by atoms with Crippen LogP contribution < -0.4 is 21.3 Å². The minimum absolute atomic E-state index is 0. The maximum Gasteiger partial charge on any atom is 0.320 e. The number of allylic oxidation sites excluding steroid dienone is 1. The van der Waals surface area contributed by atoms with Crippen molar-refractivity contribution < 1.29 is 12.0 Å². The number of nitrogens with two attached hydrogens (primary N) is 1. The smallest absolute Gasteiger partial charge is 0.320 e. The topological polar surface area (TPSA) is 121 Å². The second kappa shape index (κ2) is 11.2. The first kappa shape index (κ1) is 23.1. The van der Waals surface area contributed by atoms with E-state index >= 15 is 0 Å². The maximum atomic E-state index is 14.8. The van der Waals surface area contributed by atoms with Crippen LogP contribution in [0, 0.1) is 18.7 Å². The fraction of sp³-hybridized carbons (Fsp3) is 0.409. The number of anilines is 2. The Labute approximate surface area is 190 Å². The zero-order valence-corrected chi connectivity index (χ0v) is 18.4. The number of hydrogen-bond donors (Lipinski definition) is 3. The van der Waals surface area contributed by atoms with Crippen LogP contribution in [0.15, 0.2) is 35.7 Å². The summed E-state index contributed by atoms with van der Waals surface area (Å²) in [6, 6.07) is 3.43. The zero-order valence-electron chi connectivity index (χ0n) is 18.4. The van der Waals surface area contributed by atoms with E-state index in [1.165, 1.54) is 12.5 Å². The molecule has 0 aliphatic carbocycles. The van der Waals surface area contributed by atoms with Gasteiger partial charge in [-0.05, 0) is 63.4 Å². The SMILES string of the molecule is CCNC(=O)Nc1ncnc(CC2CCN(c3ccc(N=C/C=C\N)nc3C)CC2)c1F.[HH].[HH]. The molecule has 2 aromatic heterocycles. The van der Waals surface area contributed by atoms with Crippen molar-refractivity contribution in [3.05, 3.63) is 47.9 Å². The molecule has 0 bridgehead atoms. The zero-order chi connectivity index (χ0) is 22.9. The van der Waals surface area contributed by atoms with Crippen LogP contribution in [0.25, 0.3) is 0 Å². The van der Waals surface area contributed by atoms with Crippen molar-refractivity contribution >= 4 is 29.6 Å². The van der Waals surface area contributed by atoms with Crippen LogP contribution in [0.3, 0.4) is 0 Å². The molecular weight excluding hydrogens is 411 g/mol. The molecule has 2 aromatic rings. The van der Waals surface area contributed by atoms with Crippen LogP contribution in [0.1, 0.15) is 34.0 Å². The lowest BCUT2D eigenvalue weighted by Crippen LogP contribution is -2.35. The highest BCUT2D eigenvalue weighted by Gasteiger charge is 2.24. The molecule has 2 amide bonds.